The van der Waals surface area contributed by atoms with E-state index < -0.39 is 0 Å². The second-order valence-corrected chi connectivity index (χ2v) is 6.30. The highest BCUT2D eigenvalue weighted by molar-refractivity contribution is 5.06. The summed E-state index contributed by atoms with van der Waals surface area (Å²) in [7, 11) is 0. The van der Waals surface area contributed by atoms with E-state index in [4.69, 9.17) is 0 Å². The molecule has 19 heavy (non-hydrogen) atoms. The molecule has 3 nitrogen and oxygen atoms in total. The Bertz CT molecular complexity index is 291. The molecule has 0 bridgehead atoms. The molecule has 110 valence electrons. The van der Waals surface area contributed by atoms with Crippen molar-refractivity contribution < 1.29 is 0 Å². The molecule has 0 aliphatic heterocycles. The Hall–Kier alpha value is -0.590. The molecule has 1 unspecified atom stereocenters. The van der Waals surface area contributed by atoms with Gasteiger partial charge < -0.3 is 4.90 Å². The molecule has 3 heteroatoms. The zero-order valence-corrected chi connectivity index (χ0v) is 13.2. The number of rotatable bonds is 10. The van der Waals surface area contributed by atoms with Crippen LogP contribution in [0.15, 0.2) is 0 Å². The first-order valence-corrected chi connectivity index (χ1v) is 7.97. The van der Waals surface area contributed by atoms with Crippen molar-refractivity contribution in [2.45, 2.75) is 71.4 Å². The van der Waals surface area contributed by atoms with Crippen molar-refractivity contribution in [2.75, 3.05) is 19.6 Å². The van der Waals surface area contributed by atoms with Crippen LogP contribution in [0.4, 0.5) is 0 Å². The molecule has 0 aromatic carbocycles. The fourth-order valence-electron chi connectivity index (χ4n) is 2.82. The van der Waals surface area contributed by atoms with Crippen LogP contribution in [-0.4, -0.2) is 36.1 Å². The Balaban J connectivity index is 2.39. The van der Waals surface area contributed by atoms with Crippen LogP contribution in [0.2, 0.25) is 0 Å². The molecule has 0 radical (unpaired) electrons. The lowest BCUT2D eigenvalue weighted by atomic mass is 9.92. The summed E-state index contributed by atoms with van der Waals surface area (Å²) < 4.78 is 0. The largest absolute Gasteiger partial charge is 0.300 e. The van der Waals surface area contributed by atoms with Crippen LogP contribution in [0.25, 0.3) is 0 Å². The predicted octanol–water partition coefficient (Wildman–Crippen LogP) is 3.17. The minimum atomic E-state index is -0.304. The zero-order valence-electron chi connectivity index (χ0n) is 13.2. The van der Waals surface area contributed by atoms with Crippen LogP contribution in [0.5, 0.6) is 0 Å². The molecule has 1 N–H and O–H groups in total. The maximum atomic E-state index is 9.41. The van der Waals surface area contributed by atoms with Gasteiger partial charge in [0.2, 0.25) is 0 Å². The summed E-state index contributed by atoms with van der Waals surface area (Å²) >= 11 is 0. The Morgan fingerprint density at radius 1 is 1.37 bits per heavy atom. The average molecular weight is 265 g/mol. The first-order chi connectivity index (χ1) is 9.06. The molecule has 1 atom stereocenters. The van der Waals surface area contributed by atoms with Crippen molar-refractivity contribution in [3.8, 4) is 6.07 Å². The van der Waals surface area contributed by atoms with Gasteiger partial charge in [-0.3, -0.25) is 5.32 Å². The number of nitrogens with one attached hydrogen (secondary N) is 1. The summed E-state index contributed by atoms with van der Waals surface area (Å²) in [6, 6.07) is 3.33. The van der Waals surface area contributed by atoms with E-state index in [1.54, 1.807) is 0 Å². The van der Waals surface area contributed by atoms with Crippen LogP contribution in [0.1, 0.15) is 59.8 Å². The molecule has 1 aliphatic rings. The summed E-state index contributed by atoms with van der Waals surface area (Å²) in [6.07, 6.45) is 5.73. The third-order valence-corrected chi connectivity index (χ3v) is 4.04. The number of hydrogen-bond donors (Lipinski definition) is 1. The van der Waals surface area contributed by atoms with Gasteiger partial charge in [0.15, 0.2) is 0 Å². The molecule has 0 aromatic heterocycles. The molecule has 1 rings (SSSR count). The van der Waals surface area contributed by atoms with Crippen LogP contribution >= 0.6 is 0 Å². The summed E-state index contributed by atoms with van der Waals surface area (Å²) in [6.45, 7) is 12.0. The summed E-state index contributed by atoms with van der Waals surface area (Å²) in [5.74, 6) is 0.737. The van der Waals surface area contributed by atoms with Crippen molar-refractivity contribution >= 4 is 0 Å². The van der Waals surface area contributed by atoms with Gasteiger partial charge >= 0.3 is 0 Å². The smallest absolute Gasteiger partial charge is 0.106 e. The SMILES string of the molecule is CCNC(C#N)(CC)CCCN(CC(C)C)C1CC1. The minimum absolute atomic E-state index is 0.304. The zero-order chi connectivity index (χ0) is 14.3. The minimum Gasteiger partial charge on any atom is -0.300 e. The topological polar surface area (TPSA) is 39.1 Å². The maximum Gasteiger partial charge on any atom is 0.106 e. The monoisotopic (exact) mass is 265 g/mol. The van der Waals surface area contributed by atoms with Gasteiger partial charge in [0.25, 0.3) is 0 Å². The average Bonchev–Trinajstić information content (AvgIpc) is 3.20. The number of nitriles is 1. The molecule has 1 aliphatic carbocycles. The predicted molar refractivity (Wildman–Crippen MR) is 81.0 cm³/mol. The quantitative estimate of drug-likeness (QED) is 0.659. The van der Waals surface area contributed by atoms with Crippen LogP contribution in [-0.2, 0) is 0 Å². The van der Waals surface area contributed by atoms with Gasteiger partial charge in [0.1, 0.15) is 5.54 Å². The lowest BCUT2D eigenvalue weighted by Gasteiger charge is -2.29. The standard InChI is InChI=1S/C16H31N3/c1-5-16(13-17,18-6-2)10-7-11-19(12-14(3)4)15-8-9-15/h14-15,18H,5-12H2,1-4H3. The van der Waals surface area contributed by atoms with E-state index in [2.05, 4.69) is 44.0 Å². The second-order valence-electron chi connectivity index (χ2n) is 6.30. The van der Waals surface area contributed by atoms with Crippen molar-refractivity contribution in [3.63, 3.8) is 0 Å². The second kappa shape index (κ2) is 7.87. The lowest BCUT2D eigenvalue weighted by molar-refractivity contribution is 0.220. The third-order valence-electron chi connectivity index (χ3n) is 4.04. The first kappa shape index (κ1) is 16.5. The van der Waals surface area contributed by atoms with Crippen LogP contribution < -0.4 is 5.32 Å². The maximum absolute atomic E-state index is 9.41. The van der Waals surface area contributed by atoms with E-state index in [0.29, 0.717) is 0 Å². The Labute approximate surface area is 119 Å². The van der Waals surface area contributed by atoms with Crippen LogP contribution in [0, 0.1) is 17.2 Å². The number of nitrogens with zero attached hydrogens (tertiary/aromatic N) is 2. The van der Waals surface area contributed by atoms with Gasteiger partial charge in [-0.05, 0) is 51.1 Å². The van der Waals surface area contributed by atoms with Gasteiger partial charge in [-0.15, -0.1) is 0 Å². The van der Waals surface area contributed by atoms with E-state index in [-0.39, 0.29) is 5.54 Å². The lowest BCUT2D eigenvalue weighted by Crippen LogP contribution is -2.44. The number of hydrogen-bond acceptors (Lipinski definition) is 3. The summed E-state index contributed by atoms with van der Waals surface area (Å²) in [5, 5.41) is 12.8. The first-order valence-electron chi connectivity index (χ1n) is 7.97. The highest BCUT2D eigenvalue weighted by Gasteiger charge is 2.30. The Morgan fingerprint density at radius 2 is 2.05 bits per heavy atom. The van der Waals surface area contributed by atoms with E-state index >= 15 is 0 Å². The van der Waals surface area contributed by atoms with Crippen LogP contribution in [0.3, 0.4) is 0 Å². The molecule has 0 heterocycles. The van der Waals surface area contributed by atoms with Gasteiger partial charge in [0.05, 0.1) is 6.07 Å². The molecule has 0 saturated heterocycles. The highest BCUT2D eigenvalue weighted by atomic mass is 15.2. The Kier molecular flexibility index (Phi) is 6.82. The normalized spacial score (nSPS) is 18.6. The summed E-state index contributed by atoms with van der Waals surface area (Å²) in [5.41, 5.74) is -0.304. The Morgan fingerprint density at radius 3 is 2.47 bits per heavy atom. The molecular formula is C16H31N3. The van der Waals surface area contributed by atoms with E-state index in [1.165, 1.54) is 19.4 Å². The van der Waals surface area contributed by atoms with E-state index in [1.807, 2.05) is 0 Å². The highest BCUT2D eigenvalue weighted by Crippen LogP contribution is 2.28. The van der Waals surface area contributed by atoms with Gasteiger partial charge in [-0.1, -0.05) is 27.7 Å². The van der Waals surface area contributed by atoms with Gasteiger partial charge in [-0.2, -0.15) is 5.26 Å². The van der Waals surface area contributed by atoms with Gasteiger partial charge in [-0.25, -0.2) is 0 Å². The molecule has 0 aromatic rings. The third kappa shape index (κ3) is 5.50. The van der Waals surface area contributed by atoms with Crippen molar-refractivity contribution in [3.05, 3.63) is 0 Å². The van der Waals surface area contributed by atoms with E-state index in [0.717, 1.165) is 44.3 Å². The van der Waals surface area contributed by atoms with Crippen molar-refractivity contribution in [1.29, 1.82) is 5.26 Å². The molecule has 0 spiro atoms. The molecular weight excluding hydrogens is 234 g/mol. The summed E-state index contributed by atoms with van der Waals surface area (Å²) in [4.78, 5) is 2.63. The fraction of sp³-hybridized carbons (Fsp3) is 0.938. The fourth-order valence-corrected chi connectivity index (χ4v) is 2.82. The van der Waals surface area contributed by atoms with Gasteiger partial charge in [0, 0.05) is 12.6 Å². The molecule has 1 fully saturated rings. The molecule has 1 saturated carbocycles. The molecule has 0 amide bonds. The van der Waals surface area contributed by atoms with E-state index in [9.17, 15) is 5.26 Å². The van der Waals surface area contributed by atoms with Crippen molar-refractivity contribution in [2.24, 2.45) is 5.92 Å². The van der Waals surface area contributed by atoms with Crippen molar-refractivity contribution in [1.82, 2.24) is 10.2 Å².